The summed E-state index contributed by atoms with van der Waals surface area (Å²) in [7, 11) is 0.869. The van der Waals surface area contributed by atoms with Crippen LogP contribution in [0.1, 0.15) is 6.92 Å². The Morgan fingerprint density at radius 2 is 2.00 bits per heavy atom. The highest BCUT2D eigenvalue weighted by atomic mass is 19.4. The first kappa shape index (κ1) is 10.2. The third kappa shape index (κ3) is 3.82. The van der Waals surface area contributed by atoms with Gasteiger partial charge in [0, 0.05) is 14.0 Å². The lowest BCUT2D eigenvalue weighted by Crippen LogP contribution is -2.45. The number of methoxy groups -OCH3 is 1. The van der Waals surface area contributed by atoms with Crippen LogP contribution in [0.15, 0.2) is 0 Å². The summed E-state index contributed by atoms with van der Waals surface area (Å²) in [6.45, 7) is 0.984. The molecule has 1 N–H and O–H groups in total. The van der Waals surface area contributed by atoms with Crippen molar-refractivity contribution in [1.82, 2.24) is 5.32 Å². The molecule has 66 valence electrons. The third-order valence-corrected chi connectivity index (χ3v) is 0.867. The molecule has 0 heterocycles. The molecule has 0 aromatic heterocycles. The Labute approximate surface area is 61.5 Å². The zero-order chi connectivity index (χ0) is 9.07. The maximum absolute atomic E-state index is 11.7. The van der Waals surface area contributed by atoms with Crippen molar-refractivity contribution in [2.75, 3.05) is 7.11 Å². The number of carbonyl (C=O) groups excluding carboxylic acids is 1. The molecule has 1 amide bonds. The minimum absolute atomic E-state index is 0.783. The van der Waals surface area contributed by atoms with Crippen LogP contribution in [-0.4, -0.2) is 25.4 Å². The standard InChI is InChI=1S/C5H8F3NO2/c1-3(10)9-4(11-2)5(6,7)8/h4H,1-2H3,(H,9,10). The van der Waals surface area contributed by atoms with Gasteiger partial charge in [-0.1, -0.05) is 0 Å². The molecule has 0 aromatic rings. The summed E-state index contributed by atoms with van der Waals surface area (Å²) in [5, 5.41) is 1.58. The van der Waals surface area contributed by atoms with Gasteiger partial charge in [-0.25, -0.2) is 0 Å². The van der Waals surface area contributed by atoms with Crippen LogP contribution >= 0.6 is 0 Å². The first-order chi connectivity index (χ1) is 4.88. The molecular weight excluding hydrogens is 163 g/mol. The maximum Gasteiger partial charge on any atom is 0.433 e. The monoisotopic (exact) mass is 171 g/mol. The number of halogens is 3. The summed E-state index contributed by atoms with van der Waals surface area (Å²) in [5.41, 5.74) is 0. The van der Waals surface area contributed by atoms with E-state index in [1.165, 1.54) is 0 Å². The Balaban J connectivity index is 4.07. The van der Waals surface area contributed by atoms with Gasteiger partial charge >= 0.3 is 6.18 Å². The van der Waals surface area contributed by atoms with Crippen molar-refractivity contribution in [3.8, 4) is 0 Å². The zero-order valence-corrected chi connectivity index (χ0v) is 6.03. The third-order valence-electron chi connectivity index (χ3n) is 0.867. The average Bonchev–Trinajstić information content (AvgIpc) is 1.79. The number of nitrogens with one attached hydrogen (secondary N) is 1. The highest BCUT2D eigenvalue weighted by molar-refractivity contribution is 5.73. The highest BCUT2D eigenvalue weighted by Gasteiger charge is 2.40. The number of alkyl halides is 3. The van der Waals surface area contributed by atoms with Crippen LogP contribution in [0.2, 0.25) is 0 Å². The van der Waals surface area contributed by atoms with E-state index in [9.17, 15) is 18.0 Å². The fraction of sp³-hybridized carbons (Fsp3) is 0.800. The van der Waals surface area contributed by atoms with Crippen LogP contribution in [0.3, 0.4) is 0 Å². The van der Waals surface area contributed by atoms with E-state index in [1.54, 1.807) is 5.32 Å². The molecule has 0 fully saturated rings. The molecule has 0 aliphatic rings. The van der Waals surface area contributed by atoms with E-state index in [4.69, 9.17) is 0 Å². The van der Waals surface area contributed by atoms with Crippen LogP contribution in [0, 0.1) is 0 Å². The van der Waals surface area contributed by atoms with E-state index in [-0.39, 0.29) is 0 Å². The van der Waals surface area contributed by atoms with Gasteiger partial charge in [-0.05, 0) is 0 Å². The largest absolute Gasteiger partial charge is 0.433 e. The Kier molecular flexibility index (Phi) is 3.31. The van der Waals surface area contributed by atoms with Gasteiger partial charge in [0.25, 0.3) is 0 Å². The molecule has 1 unspecified atom stereocenters. The lowest BCUT2D eigenvalue weighted by atomic mass is 10.5. The van der Waals surface area contributed by atoms with Gasteiger partial charge in [-0.3, -0.25) is 4.79 Å². The van der Waals surface area contributed by atoms with Gasteiger partial charge in [0.05, 0.1) is 0 Å². The fourth-order valence-corrected chi connectivity index (χ4v) is 0.459. The van der Waals surface area contributed by atoms with Gasteiger partial charge < -0.3 is 10.1 Å². The quantitative estimate of drug-likeness (QED) is 0.619. The Bertz CT molecular complexity index is 145. The molecule has 0 aromatic carbocycles. The first-order valence-electron chi connectivity index (χ1n) is 2.74. The molecule has 0 spiro atoms. The molecule has 0 bridgehead atoms. The predicted molar refractivity (Wildman–Crippen MR) is 30.7 cm³/mol. The average molecular weight is 171 g/mol. The second kappa shape index (κ2) is 3.56. The molecule has 1 atom stereocenters. The van der Waals surface area contributed by atoms with E-state index >= 15 is 0 Å². The lowest BCUT2D eigenvalue weighted by molar-refractivity contribution is -0.222. The smallest absolute Gasteiger partial charge is 0.353 e. The molecule has 6 heteroatoms. The van der Waals surface area contributed by atoms with Crippen molar-refractivity contribution < 1.29 is 22.7 Å². The van der Waals surface area contributed by atoms with Gasteiger partial charge in [-0.15, -0.1) is 0 Å². The van der Waals surface area contributed by atoms with Gasteiger partial charge in [0.1, 0.15) is 0 Å². The van der Waals surface area contributed by atoms with Crippen molar-refractivity contribution in [1.29, 1.82) is 0 Å². The Morgan fingerprint density at radius 3 is 2.09 bits per heavy atom. The lowest BCUT2D eigenvalue weighted by Gasteiger charge is -2.18. The van der Waals surface area contributed by atoms with Gasteiger partial charge in [-0.2, -0.15) is 13.2 Å². The molecule has 0 aliphatic heterocycles. The first-order valence-corrected chi connectivity index (χ1v) is 2.74. The van der Waals surface area contributed by atoms with Crippen molar-refractivity contribution in [3.05, 3.63) is 0 Å². The van der Waals surface area contributed by atoms with Crippen molar-refractivity contribution in [2.24, 2.45) is 0 Å². The van der Waals surface area contributed by atoms with E-state index in [0.29, 0.717) is 0 Å². The summed E-state index contributed by atoms with van der Waals surface area (Å²) in [6.07, 6.45) is -6.76. The number of rotatable bonds is 2. The molecule has 0 radical (unpaired) electrons. The SMILES string of the molecule is COC(NC(C)=O)C(F)(F)F. The number of hydrogen-bond donors (Lipinski definition) is 1. The zero-order valence-electron chi connectivity index (χ0n) is 6.03. The van der Waals surface area contributed by atoms with Gasteiger partial charge in [0.2, 0.25) is 12.1 Å². The van der Waals surface area contributed by atoms with Crippen LogP contribution in [0.25, 0.3) is 0 Å². The Morgan fingerprint density at radius 1 is 1.55 bits per heavy atom. The van der Waals surface area contributed by atoms with E-state index in [2.05, 4.69) is 4.74 Å². The summed E-state index contributed by atoms with van der Waals surface area (Å²) >= 11 is 0. The maximum atomic E-state index is 11.7. The van der Waals surface area contributed by atoms with Crippen LogP contribution < -0.4 is 5.32 Å². The van der Waals surface area contributed by atoms with Crippen LogP contribution in [0.5, 0.6) is 0 Å². The van der Waals surface area contributed by atoms with E-state index in [1.807, 2.05) is 0 Å². The molecule has 0 rings (SSSR count). The van der Waals surface area contributed by atoms with E-state index in [0.717, 1.165) is 14.0 Å². The highest BCUT2D eigenvalue weighted by Crippen LogP contribution is 2.20. The second-order valence-electron chi connectivity index (χ2n) is 1.86. The molecule has 0 aliphatic carbocycles. The number of ether oxygens (including phenoxy) is 1. The van der Waals surface area contributed by atoms with Crippen LogP contribution in [-0.2, 0) is 9.53 Å². The summed E-state index contributed by atoms with van der Waals surface area (Å²) in [6, 6.07) is 0. The number of amides is 1. The fourth-order valence-electron chi connectivity index (χ4n) is 0.459. The molecule has 0 saturated carbocycles. The summed E-state index contributed by atoms with van der Waals surface area (Å²) < 4.78 is 39.2. The van der Waals surface area contributed by atoms with E-state index < -0.39 is 18.3 Å². The van der Waals surface area contributed by atoms with Gasteiger partial charge in [0.15, 0.2) is 0 Å². The number of carbonyl (C=O) groups is 1. The minimum Gasteiger partial charge on any atom is -0.353 e. The predicted octanol–water partition coefficient (Wildman–Crippen LogP) is 0.657. The van der Waals surface area contributed by atoms with Crippen LogP contribution in [0.4, 0.5) is 13.2 Å². The molecule has 11 heavy (non-hydrogen) atoms. The topological polar surface area (TPSA) is 38.3 Å². The molecule has 3 nitrogen and oxygen atoms in total. The second-order valence-corrected chi connectivity index (χ2v) is 1.86. The van der Waals surface area contributed by atoms with Crippen molar-refractivity contribution >= 4 is 5.91 Å². The molecular formula is C5H8F3NO2. The minimum atomic E-state index is -4.56. The molecule has 0 saturated heterocycles. The van der Waals surface area contributed by atoms with Crippen molar-refractivity contribution in [2.45, 2.75) is 19.3 Å². The van der Waals surface area contributed by atoms with Crippen molar-refractivity contribution in [3.63, 3.8) is 0 Å². The summed E-state index contributed by atoms with van der Waals surface area (Å²) in [4.78, 5) is 10.2. The normalized spacial score (nSPS) is 14.3. The summed E-state index contributed by atoms with van der Waals surface area (Å²) in [5.74, 6) is -0.783. The number of hydrogen-bond acceptors (Lipinski definition) is 2. The Hall–Kier alpha value is -0.780.